The summed E-state index contributed by atoms with van der Waals surface area (Å²) in [5, 5.41) is 5.88. The smallest absolute Gasteiger partial charge is 0.167 e. The van der Waals surface area contributed by atoms with Gasteiger partial charge in [-0.1, -0.05) is 23.2 Å². The van der Waals surface area contributed by atoms with Gasteiger partial charge in [0.25, 0.3) is 0 Å². The first-order valence-electron chi connectivity index (χ1n) is 5.39. The summed E-state index contributed by atoms with van der Waals surface area (Å²) in [7, 11) is 1.58. The van der Waals surface area contributed by atoms with Gasteiger partial charge < -0.3 is 4.74 Å². The Kier molecular flexibility index (Phi) is 3.00. The first-order chi connectivity index (χ1) is 9.20. The van der Waals surface area contributed by atoms with Crippen molar-refractivity contribution >= 4 is 34.2 Å². The lowest BCUT2D eigenvalue weighted by Crippen LogP contribution is -2.01. The Morgan fingerprint density at radius 2 is 2.05 bits per heavy atom. The zero-order valence-electron chi connectivity index (χ0n) is 9.84. The van der Waals surface area contributed by atoms with E-state index < -0.39 is 0 Å². The second kappa shape index (κ2) is 4.68. The molecule has 0 saturated heterocycles. The van der Waals surface area contributed by atoms with Crippen LogP contribution in [0.15, 0.2) is 30.7 Å². The molecule has 2 aromatic heterocycles. The van der Waals surface area contributed by atoms with Crippen LogP contribution in [0.5, 0.6) is 5.75 Å². The van der Waals surface area contributed by atoms with Gasteiger partial charge in [-0.05, 0) is 18.2 Å². The highest BCUT2D eigenvalue weighted by Crippen LogP contribution is 2.29. The Hall–Kier alpha value is -1.85. The number of halogens is 2. The lowest BCUT2D eigenvalue weighted by Gasteiger charge is -2.09. The van der Waals surface area contributed by atoms with Crippen molar-refractivity contribution < 1.29 is 4.74 Å². The van der Waals surface area contributed by atoms with E-state index in [1.54, 1.807) is 36.2 Å². The molecular formula is C12H8Cl2N4O. The van der Waals surface area contributed by atoms with Crippen molar-refractivity contribution in [1.82, 2.24) is 19.7 Å². The summed E-state index contributed by atoms with van der Waals surface area (Å²) in [6.07, 6.45) is 3.00. The van der Waals surface area contributed by atoms with E-state index in [0.717, 1.165) is 0 Å². The SMILES string of the molecule is COc1ccc(Cl)cc1-n1ncc2c(Cl)ncnc21. The Balaban J connectivity index is 2.30. The average Bonchev–Trinajstić information content (AvgIpc) is 2.84. The molecule has 0 unspecified atom stereocenters. The number of rotatable bonds is 2. The zero-order valence-corrected chi connectivity index (χ0v) is 11.4. The summed E-state index contributed by atoms with van der Waals surface area (Å²) >= 11 is 12.0. The Bertz CT molecular complexity index is 757. The fourth-order valence-corrected chi connectivity index (χ4v) is 2.16. The van der Waals surface area contributed by atoms with E-state index in [-0.39, 0.29) is 0 Å². The highest BCUT2D eigenvalue weighted by molar-refractivity contribution is 6.33. The molecule has 7 heteroatoms. The summed E-state index contributed by atoms with van der Waals surface area (Å²) in [4.78, 5) is 8.11. The predicted molar refractivity (Wildman–Crippen MR) is 73.2 cm³/mol. The van der Waals surface area contributed by atoms with Gasteiger partial charge in [0, 0.05) is 5.02 Å². The van der Waals surface area contributed by atoms with Crippen molar-refractivity contribution in [3.05, 3.63) is 40.9 Å². The van der Waals surface area contributed by atoms with E-state index in [1.165, 1.54) is 6.33 Å². The third kappa shape index (κ3) is 2.01. The van der Waals surface area contributed by atoms with Crippen LogP contribution in [0.4, 0.5) is 0 Å². The molecule has 3 aromatic rings. The molecule has 2 heterocycles. The molecule has 19 heavy (non-hydrogen) atoms. The molecule has 0 aliphatic heterocycles. The van der Waals surface area contributed by atoms with Crippen molar-refractivity contribution in [3.8, 4) is 11.4 Å². The minimum Gasteiger partial charge on any atom is -0.494 e. The van der Waals surface area contributed by atoms with Gasteiger partial charge in [-0.15, -0.1) is 0 Å². The third-order valence-corrected chi connectivity index (χ3v) is 3.22. The largest absolute Gasteiger partial charge is 0.494 e. The maximum absolute atomic E-state index is 6.02. The van der Waals surface area contributed by atoms with Crippen LogP contribution in [0, 0.1) is 0 Å². The number of hydrogen-bond acceptors (Lipinski definition) is 4. The molecule has 0 aliphatic rings. The van der Waals surface area contributed by atoms with Gasteiger partial charge in [0.1, 0.15) is 22.9 Å². The molecule has 3 rings (SSSR count). The van der Waals surface area contributed by atoms with Crippen molar-refractivity contribution in [1.29, 1.82) is 0 Å². The van der Waals surface area contributed by atoms with Gasteiger partial charge in [0.15, 0.2) is 5.65 Å². The van der Waals surface area contributed by atoms with E-state index in [1.807, 2.05) is 0 Å². The number of fused-ring (bicyclic) bond motifs is 1. The van der Waals surface area contributed by atoms with Crippen LogP contribution in [0.1, 0.15) is 0 Å². The van der Waals surface area contributed by atoms with Crippen molar-refractivity contribution in [2.75, 3.05) is 7.11 Å². The van der Waals surface area contributed by atoms with Gasteiger partial charge in [-0.25, -0.2) is 14.6 Å². The van der Waals surface area contributed by atoms with Crippen LogP contribution >= 0.6 is 23.2 Å². The fraction of sp³-hybridized carbons (Fsp3) is 0.0833. The summed E-state index contributed by atoms with van der Waals surface area (Å²) in [5.74, 6) is 0.643. The first-order valence-corrected chi connectivity index (χ1v) is 6.14. The topological polar surface area (TPSA) is 52.8 Å². The Morgan fingerprint density at radius 1 is 1.21 bits per heavy atom. The van der Waals surface area contributed by atoms with E-state index >= 15 is 0 Å². The van der Waals surface area contributed by atoms with Crippen LogP contribution in [-0.2, 0) is 0 Å². The van der Waals surface area contributed by atoms with Gasteiger partial charge in [0.05, 0.1) is 18.7 Å². The van der Waals surface area contributed by atoms with Crippen molar-refractivity contribution in [2.24, 2.45) is 0 Å². The molecule has 5 nitrogen and oxygen atoms in total. The molecule has 0 fully saturated rings. The van der Waals surface area contributed by atoms with Crippen LogP contribution in [-0.4, -0.2) is 26.9 Å². The normalized spacial score (nSPS) is 10.9. The molecule has 96 valence electrons. The first kappa shape index (κ1) is 12.2. The lowest BCUT2D eigenvalue weighted by atomic mass is 10.3. The monoisotopic (exact) mass is 294 g/mol. The molecule has 0 saturated carbocycles. The summed E-state index contributed by atoms with van der Waals surface area (Å²) < 4.78 is 6.93. The average molecular weight is 295 g/mol. The molecule has 0 bridgehead atoms. The van der Waals surface area contributed by atoms with E-state index in [2.05, 4.69) is 15.1 Å². The minimum atomic E-state index is 0.359. The second-order valence-electron chi connectivity index (χ2n) is 3.77. The second-order valence-corrected chi connectivity index (χ2v) is 4.57. The lowest BCUT2D eigenvalue weighted by molar-refractivity contribution is 0.412. The summed E-state index contributed by atoms with van der Waals surface area (Å²) in [5.41, 5.74) is 1.29. The highest BCUT2D eigenvalue weighted by Gasteiger charge is 2.13. The zero-order chi connectivity index (χ0) is 13.4. The number of nitrogens with zero attached hydrogens (tertiary/aromatic N) is 4. The summed E-state index contributed by atoms with van der Waals surface area (Å²) in [6, 6.07) is 5.27. The van der Waals surface area contributed by atoms with Gasteiger partial charge >= 0.3 is 0 Å². The van der Waals surface area contributed by atoms with Crippen molar-refractivity contribution in [3.63, 3.8) is 0 Å². The molecule has 0 spiro atoms. The number of ether oxygens (including phenoxy) is 1. The standard InChI is InChI=1S/C12H8Cl2N4O/c1-19-10-3-2-7(13)4-9(10)18-12-8(5-17-18)11(14)15-6-16-12/h2-6H,1H3. The molecule has 0 radical (unpaired) electrons. The van der Waals surface area contributed by atoms with Gasteiger partial charge in [0.2, 0.25) is 0 Å². The van der Waals surface area contributed by atoms with E-state index in [0.29, 0.717) is 32.6 Å². The van der Waals surface area contributed by atoms with Crippen LogP contribution < -0.4 is 4.74 Å². The Labute approximate surface area is 118 Å². The van der Waals surface area contributed by atoms with Gasteiger partial charge in [-0.3, -0.25) is 0 Å². The fourth-order valence-electron chi connectivity index (χ4n) is 1.82. The van der Waals surface area contributed by atoms with E-state index in [9.17, 15) is 0 Å². The Morgan fingerprint density at radius 3 is 2.84 bits per heavy atom. The molecule has 0 atom stereocenters. The molecule has 1 aromatic carbocycles. The summed E-state index contributed by atoms with van der Waals surface area (Å²) in [6.45, 7) is 0. The third-order valence-electron chi connectivity index (χ3n) is 2.69. The number of aromatic nitrogens is 4. The predicted octanol–water partition coefficient (Wildman–Crippen LogP) is 3.13. The number of methoxy groups -OCH3 is 1. The van der Waals surface area contributed by atoms with Crippen LogP contribution in [0.25, 0.3) is 16.7 Å². The quantitative estimate of drug-likeness (QED) is 0.682. The maximum Gasteiger partial charge on any atom is 0.167 e. The minimum absolute atomic E-state index is 0.359. The molecule has 0 amide bonds. The number of benzene rings is 1. The van der Waals surface area contributed by atoms with E-state index in [4.69, 9.17) is 27.9 Å². The maximum atomic E-state index is 6.02. The van der Waals surface area contributed by atoms with Crippen LogP contribution in [0.2, 0.25) is 10.2 Å². The molecular weight excluding hydrogens is 287 g/mol. The number of hydrogen-bond donors (Lipinski definition) is 0. The van der Waals surface area contributed by atoms with Crippen LogP contribution in [0.3, 0.4) is 0 Å². The molecule has 0 N–H and O–H groups in total. The van der Waals surface area contributed by atoms with Gasteiger partial charge in [-0.2, -0.15) is 5.10 Å². The molecule has 0 aliphatic carbocycles. The van der Waals surface area contributed by atoms with Crippen molar-refractivity contribution in [2.45, 2.75) is 0 Å². The highest BCUT2D eigenvalue weighted by atomic mass is 35.5.